The van der Waals surface area contributed by atoms with Crippen LogP contribution in [0.5, 0.6) is 0 Å². The van der Waals surface area contributed by atoms with Gasteiger partial charge < -0.3 is 9.73 Å². The second-order valence-corrected chi connectivity index (χ2v) is 7.15. The average Bonchev–Trinajstić information content (AvgIpc) is 2.66. The van der Waals surface area contributed by atoms with Gasteiger partial charge in [-0.05, 0) is 19.8 Å². The molecule has 2 fully saturated rings. The van der Waals surface area contributed by atoms with Gasteiger partial charge in [0, 0.05) is 13.1 Å². The van der Waals surface area contributed by atoms with Crippen LogP contribution in [0, 0.1) is 6.92 Å². The van der Waals surface area contributed by atoms with Crippen molar-refractivity contribution in [3.05, 3.63) is 17.3 Å². The number of nitrogens with zero attached hydrogens (tertiary/aromatic N) is 1. The molecular weight excluding hydrogens is 240 g/mol. The van der Waals surface area contributed by atoms with Crippen LogP contribution in [0.2, 0.25) is 0 Å². The SMILES string of the molecule is Cc1oc(C2CNC2)nc1C1CCCS1(=O)=O. The van der Waals surface area contributed by atoms with Gasteiger partial charge in [-0.3, -0.25) is 0 Å². The lowest BCUT2D eigenvalue weighted by atomic mass is 10.0. The van der Waals surface area contributed by atoms with Crippen molar-refractivity contribution in [3.63, 3.8) is 0 Å². The van der Waals surface area contributed by atoms with Gasteiger partial charge in [0.1, 0.15) is 16.7 Å². The van der Waals surface area contributed by atoms with Crippen molar-refractivity contribution in [1.29, 1.82) is 0 Å². The molecule has 1 unspecified atom stereocenters. The number of aromatic nitrogens is 1. The van der Waals surface area contributed by atoms with Gasteiger partial charge in [0.2, 0.25) is 0 Å². The van der Waals surface area contributed by atoms with Crippen molar-refractivity contribution >= 4 is 9.84 Å². The first kappa shape index (κ1) is 11.2. The lowest BCUT2D eigenvalue weighted by molar-refractivity contribution is 0.350. The Kier molecular flexibility index (Phi) is 2.52. The van der Waals surface area contributed by atoms with Gasteiger partial charge in [-0.1, -0.05) is 0 Å². The summed E-state index contributed by atoms with van der Waals surface area (Å²) in [5.74, 6) is 1.96. The molecule has 17 heavy (non-hydrogen) atoms. The molecule has 0 amide bonds. The van der Waals surface area contributed by atoms with E-state index in [-0.39, 0.29) is 5.75 Å². The van der Waals surface area contributed by atoms with Gasteiger partial charge in [-0.15, -0.1) is 0 Å². The third-order valence-corrected chi connectivity index (χ3v) is 5.80. The minimum Gasteiger partial charge on any atom is -0.445 e. The number of hydrogen-bond acceptors (Lipinski definition) is 5. The lowest BCUT2D eigenvalue weighted by Gasteiger charge is -2.23. The number of rotatable bonds is 2. The first-order valence-corrected chi connectivity index (χ1v) is 7.69. The fraction of sp³-hybridized carbons (Fsp3) is 0.727. The first-order valence-electron chi connectivity index (χ1n) is 5.97. The van der Waals surface area contributed by atoms with Crippen LogP contribution in [0.3, 0.4) is 0 Å². The van der Waals surface area contributed by atoms with Gasteiger partial charge >= 0.3 is 0 Å². The molecule has 3 rings (SSSR count). The molecule has 0 spiro atoms. The van der Waals surface area contributed by atoms with E-state index in [0.717, 1.165) is 19.5 Å². The van der Waals surface area contributed by atoms with Crippen LogP contribution in [0.4, 0.5) is 0 Å². The third-order valence-electron chi connectivity index (χ3n) is 3.61. The molecule has 1 aromatic rings. The summed E-state index contributed by atoms with van der Waals surface area (Å²) < 4.78 is 29.4. The van der Waals surface area contributed by atoms with E-state index in [2.05, 4.69) is 10.3 Å². The maximum absolute atomic E-state index is 11.9. The third kappa shape index (κ3) is 1.79. The normalized spacial score (nSPS) is 28.2. The van der Waals surface area contributed by atoms with Crippen molar-refractivity contribution in [2.75, 3.05) is 18.8 Å². The molecule has 2 aliphatic rings. The summed E-state index contributed by atoms with van der Waals surface area (Å²) in [5.41, 5.74) is 0.643. The van der Waals surface area contributed by atoms with Crippen LogP contribution in [0.15, 0.2) is 4.42 Å². The highest BCUT2D eigenvalue weighted by Crippen LogP contribution is 2.36. The van der Waals surface area contributed by atoms with Crippen molar-refractivity contribution < 1.29 is 12.8 Å². The fourth-order valence-electron chi connectivity index (χ4n) is 2.46. The summed E-state index contributed by atoms with van der Waals surface area (Å²) >= 11 is 0. The Balaban J connectivity index is 1.95. The molecule has 2 aliphatic heterocycles. The minimum atomic E-state index is -3.00. The molecule has 3 heterocycles. The highest BCUT2D eigenvalue weighted by atomic mass is 32.2. The van der Waals surface area contributed by atoms with E-state index >= 15 is 0 Å². The van der Waals surface area contributed by atoms with E-state index < -0.39 is 15.1 Å². The molecule has 1 atom stereocenters. The van der Waals surface area contributed by atoms with E-state index in [4.69, 9.17) is 4.42 Å². The Morgan fingerprint density at radius 3 is 2.71 bits per heavy atom. The summed E-state index contributed by atoms with van der Waals surface area (Å²) in [5, 5.41) is 2.72. The summed E-state index contributed by atoms with van der Waals surface area (Å²) in [7, 11) is -3.00. The van der Waals surface area contributed by atoms with E-state index in [0.29, 0.717) is 29.7 Å². The summed E-state index contributed by atoms with van der Waals surface area (Å²) in [6, 6.07) is 0. The van der Waals surface area contributed by atoms with Crippen LogP contribution in [0.25, 0.3) is 0 Å². The minimum absolute atomic E-state index is 0.282. The van der Waals surface area contributed by atoms with Gasteiger partial charge in [-0.2, -0.15) is 0 Å². The van der Waals surface area contributed by atoms with Crippen LogP contribution in [-0.4, -0.2) is 32.2 Å². The Morgan fingerprint density at radius 2 is 2.18 bits per heavy atom. The predicted octanol–water partition coefficient (Wildman–Crippen LogP) is 0.920. The molecule has 2 saturated heterocycles. The van der Waals surface area contributed by atoms with Crippen molar-refractivity contribution in [1.82, 2.24) is 10.3 Å². The van der Waals surface area contributed by atoms with E-state index in [1.165, 1.54) is 0 Å². The van der Waals surface area contributed by atoms with Gasteiger partial charge in [0.25, 0.3) is 0 Å². The number of hydrogen-bond donors (Lipinski definition) is 1. The molecule has 94 valence electrons. The molecule has 1 N–H and O–H groups in total. The zero-order chi connectivity index (χ0) is 12.0. The molecule has 0 saturated carbocycles. The van der Waals surface area contributed by atoms with Crippen molar-refractivity contribution in [2.45, 2.75) is 30.9 Å². The second kappa shape index (κ2) is 3.81. The Morgan fingerprint density at radius 1 is 1.41 bits per heavy atom. The lowest BCUT2D eigenvalue weighted by Crippen LogP contribution is -2.40. The summed E-state index contributed by atoms with van der Waals surface area (Å²) in [4.78, 5) is 4.42. The molecule has 0 aromatic carbocycles. The van der Waals surface area contributed by atoms with E-state index in [1.54, 1.807) is 0 Å². The quantitative estimate of drug-likeness (QED) is 0.852. The van der Waals surface area contributed by atoms with Crippen molar-refractivity contribution in [2.24, 2.45) is 0 Å². The van der Waals surface area contributed by atoms with Gasteiger partial charge in [0.15, 0.2) is 15.7 Å². The molecule has 5 nitrogen and oxygen atoms in total. The standard InChI is InChI=1S/C11H16N2O3S/c1-7-10(9-3-2-4-17(9,14)15)13-11(16-7)8-5-12-6-8/h8-9,12H,2-6H2,1H3. The molecule has 0 aliphatic carbocycles. The predicted molar refractivity (Wildman–Crippen MR) is 62.6 cm³/mol. The topological polar surface area (TPSA) is 72.2 Å². The van der Waals surface area contributed by atoms with Gasteiger partial charge in [0.05, 0.1) is 11.7 Å². The van der Waals surface area contributed by atoms with Crippen LogP contribution < -0.4 is 5.32 Å². The molecule has 6 heteroatoms. The smallest absolute Gasteiger partial charge is 0.200 e. The maximum atomic E-state index is 11.9. The number of sulfone groups is 1. The fourth-order valence-corrected chi connectivity index (χ4v) is 4.40. The highest BCUT2D eigenvalue weighted by Gasteiger charge is 2.37. The zero-order valence-electron chi connectivity index (χ0n) is 9.77. The Hall–Kier alpha value is -0.880. The monoisotopic (exact) mass is 256 g/mol. The first-order chi connectivity index (χ1) is 8.08. The Labute approximate surface area is 101 Å². The molecule has 0 radical (unpaired) electrons. The summed E-state index contributed by atoms with van der Waals surface area (Å²) in [6.45, 7) is 3.55. The molecular formula is C11H16N2O3S. The highest BCUT2D eigenvalue weighted by molar-refractivity contribution is 7.91. The second-order valence-electron chi connectivity index (χ2n) is 4.85. The largest absolute Gasteiger partial charge is 0.445 e. The Bertz CT molecular complexity index is 531. The van der Waals surface area contributed by atoms with E-state index in [1.807, 2.05) is 6.92 Å². The van der Waals surface area contributed by atoms with Crippen LogP contribution in [-0.2, 0) is 9.84 Å². The van der Waals surface area contributed by atoms with E-state index in [9.17, 15) is 8.42 Å². The van der Waals surface area contributed by atoms with Crippen LogP contribution >= 0.6 is 0 Å². The average molecular weight is 256 g/mol. The zero-order valence-corrected chi connectivity index (χ0v) is 10.6. The summed E-state index contributed by atoms with van der Waals surface area (Å²) in [6.07, 6.45) is 1.41. The van der Waals surface area contributed by atoms with Crippen LogP contribution in [0.1, 0.15) is 41.4 Å². The van der Waals surface area contributed by atoms with Gasteiger partial charge in [-0.25, -0.2) is 13.4 Å². The molecule has 1 aromatic heterocycles. The number of nitrogens with one attached hydrogen (secondary N) is 1. The number of oxazole rings is 1. The molecule has 0 bridgehead atoms. The number of aryl methyl sites for hydroxylation is 1. The van der Waals surface area contributed by atoms with Crippen molar-refractivity contribution in [3.8, 4) is 0 Å². The maximum Gasteiger partial charge on any atom is 0.200 e.